The van der Waals surface area contributed by atoms with Crippen molar-refractivity contribution in [3.63, 3.8) is 0 Å². The van der Waals surface area contributed by atoms with Gasteiger partial charge in [0.1, 0.15) is 18.3 Å². The molecule has 0 aliphatic carbocycles. The summed E-state index contributed by atoms with van der Waals surface area (Å²) >= 11 is 0. The van der Waals surface area contributed by atoms with Gasteiger partial charge >= 0.3 is 5.97 Å². The van der Waals surface area contributed by atoms with E-state index in [-0.39, 0.29) is 19.3 Å². The molecular formula is C49H64O8. The van der Waals surface area contributed by atoms with E-state index in [1.165, 1.54) is 39.0 Å². The molecule has 1 fully saturated rings. The predicted molar refractivity (Wildman–Crippen MR) is 223 cm³/mol. The molecule has 0 saturated carbocycles. The van der Waals surface area contributed by atoms with E-state index < -0.39 is 36.2 Å². The Balaban J connectivity index is 1.47. The van der Waals surface area contributed by atoms with Crippen LogP contribution in [0.25, 0.3) is 0 Å². The molecular weight excluding hydrogens is 717 g/mol. The molecule has 1 aliphatic rings. The van der Waals surface area contributed by atoms with Crippen molar-refractivity contribution < 1.29 is 38.0 Å². The molecule has 0 bridgehead atoms. The van der Waals surface area contributed by atoms with Gasteiger partial charge in [-0.25, -0.2) is 0 Å². The number of methoxy groups -OCH3 is 1. The van der Waals surface area contributed by atoms with Crippen molar-refractivity contribution in [2.45, 2.75) is 141 Å². The van der Waals surface area contributed by atoms with Gasteiger partial charge in [0.2, 0.25) is 0 Å². The van der Waals surface area contributed by atoms with Gasteiger partial charge in [0.15, 0.2) is 11.9 Å². The van der Waals surface area contributed by atoms with E-state index in [9.17, 15) is 4.79 Å². The van der Waals surface area contributed by atoms with Crippen molar-refractivity contribution in [3.8, 4) is 0 Å². The Labute approximate surface area is 341 Å². The lowest BCUT2D eigenvalue weighted by Crippen LogP contribution is -2.68. The van der Waals surface area contributed by atoms with Crippen LogP contribution in [-0.4, -0.2) is 56.0 Å². The lowest BCUT2D eigenvalue weighted by atomic mass is 9.86. The fraction of sp³-hybridized carbons (Fsp3) is 0.490. The lowest BCUT2D eigenvalue weighted by molar-refractivity contribution is -0.377. The first-order valence-electron chi connectivity index (χ1n) is 21.0. The van der Waals surface area contributed by atoms with Gasteiger partial charge in [0.25, 0.3) is 0 Å². The minimum atomic E-state index is -1.32. The summed E-state index contributed by atoms with van der Waals surface area (Å²) in [5.41, 5.74) is 4.15. The number of hydrogen-bond acceptors (Lipinski definition) is 8. The van der Waals surface area contributed by atoms with E-state index in [2.05, 4.69) is 19.1 Å². The number of carbonyl (C=O) groups is 1. The topological polar surface area (TPSA) is 81.7 Å². The van der Waals surface area contributed by atoms with Crippen LogP contribution in [0.2, 0.25) is 0 Å². The molecule has 308 valence electrons. The minimum Gasteiger partial charge on any atom is -0.457 e. The van der Waals surface area contributed by atoms with Gasteiger partial charge in [-0.1, -0.05) is 173 Å². The van der Waals surface area contributed by atoms with E-state index in [1.807, 2.05) is 109 Å². The number of ether oxygens (including phenoxy) is 7. The molecule has 57 heavy (non-hydrogen) atoms. The van der Waals surface area contributed by atoms with E-state index in [0.29, 0.717) is 32.7 Å². The maximum atomic E-state index is 12.9. The normalized spacial score (nSPS) is 21.2. The zero-order chi connectivity index (χ0) is 40.0. The molecule has 0 unspecified atom stereocenters. The third-order valence-corrected chi connectivity index (χ3v) is 10.6. The SMILES string of the molecule is CCCCCCCCC[C@H](C[C@]1(OC)O[C@H](CCOCc2ccccc2)[C@@H](OC(C)=O)[C@H](OCc2ccccc2)[C@@H]1OCc1ccccc1)OCc1ccccc1. The van der Waals surface area contributed by atoms with Gasteiger partial charge in [0.05, 0.1) is 32.5 Å². The summed E-state index contributed by atoms with van der Waals surface area (Å²) in [5.74, 6) is -1.75. The molecule has 0 spiro atoms. The maximum absolute atomic E-state index is 12.9. The van der Waals surface area contributed by atoms with Crippen LogP contribution >= 0.6 is 0 Å². The molecule has 6 atom stereocenters. The van der Waals surface area contributed by atoms with E-state index >= 15 is 0 Å². The average molecular weight is 781 g/mol. The smallest absolute Gasteiger partial charge is 0.303 e. The number of rotatable bonds is 26. The summed E-state index contributed by atoms with van der Waals surface area (Å²) in [4.78, 5) is 12.9. The predicted octanol–water partition coefficient (Wildman–Crippen LogP) is 10.6. The van der Waals surface area contributed by atoms with Gasteiger partial charge in [0, 0.05) is 33.5 Å². The molecule has 0 aromatic heterocycles. The van der Waals surface area contributed by atoms with Crippen LogP contribution < -0.4 is 0 Å². The third kappa shape index (κ3) is 14.8. The summed E-state index contributed by atoms with van der Waals surface area (Å²) in [6.45, 7) is 5.49. The van der Waals surface area contributed by atoms with Crippen molar-refractivity contribution in [2.24, 2.45) is 0 Å². The monoisotopic (exact) mass is 780 g/mol. The first-order chi connectivity index (χ1) is 28.0. The van der Waals surface area contributed by atoms with E-state index in [1.54, 1.807) is 7.11 Å². The summed E-state index contributed by atoms with van der Waals surface area (Å²) in [6.07, 6.45) is 6.81. The van der Waals surface area contributed by atoms with Gasteiger partial charge in [-0.05, 0) is 28.7 Å². The Morgan fingerprint density at radius 2 is 1.16 bits per heavy atom. The Morgan fingerprint density at radius 1 is 0.649 bits per heavy atom. The van der Waals surface area contributed by atoms with Crippen molar-refractivity contribution >= 4 is 5.97 Å². The lowest BCUT2D eigenvalue weighted by Gasteiger charge is -2.52. The zero-order valence-corrected chi connectivity index (χ0v) is 34.3. The average Bonchev–Trinajstić information content (AvgIpc) is 3.24. The molecule has 8 nitrogen and oxygen atoms in total. The highest BCUT2D eigenvalue weighted by Crippen LogP contribution is 2.42. The van der Waals surface area contributed by atoms with Crippen LogP contribution in [0.3, 0.4) is 0 Å². The second kappa shape index (κ2) is 24.8. The van der Waals surface area contributed by atoms with Crippen LogP contribution in [0.15, 0.2) is 121 Å². The Bertz CT molecular complexity index is 1640. The van der Waals surface area contributed by atoms with Crippen molar-refractivity contribution in [2.75, 3.05) is 13.7 Å². The maximum Gasteiger partial charge on any atom is 0.303 e. The van der Waals surface area contributed by atoms with E-state index in [0.717, 1.165) is 41.5 Å². The zero-order valence-electron chi connectivity index (χ0n) is 34.3. The largest absolute Gasteiger partial charge is 0.457 e. The van der Waals surface area contributed by atoms with Crippen LogP contribution in [0, 0.1) is 0 Å². The number of benzene rings is 4. The Kier molecular flexibility index (Phi) is 19.2. The highest BCUT2D eigenvalue weighted by molar-refractivity contribution is 5.66. The highest BCUT2D eigenvalue weighted by Gasteiger charge is 2.58. The van der Waals surface area contributed by atoms with Crippen LogP contribution in [0.4, 0.5) is 0 Å². The third-order valence-electron chi connectivity index (χ3n) is 10.6. The molecule has 1 heterocycles. The van der Waals surface area contributed by atoms with Crippen molar-refractivity contribution in [1.82, 2.24) is 0 Å². The first-order valence-corrected chi connectivity index (χ1v) is 21.0. The summed E-state index contributed by atoms with van der Waals surface area (Å²) in [5, 5.41) is 0. The van der Waals surface area contributed by atoms with Gasteiger partial charge in [-0.15, -0.1) is 0 Å². The van der Waals surface area contributed by atoms with Crippen molar-refractivity contribution in [3.05, 3.63) is 144 Å². The highest BCUT2D eigenvalue weighted by atomic mass is 16.7. The molecule has 0 radical (unpaired) electrons. The Hall–Kier alpha value is -3.89. The van der Waals surface area contributed by atoms with E-state index in [4.69, 9.17) is 33.2 Å². The molecule has 8 heteroatoms. The van der Waals surface area contributed by atoms with Crippen LogP contribution in [0.1, 0.15) is 100 Å². The second-order valence-corrected chi connectivity index (χ2v) is 15.1. The van der Waals surface area contributed by atoms with Crippen LogP contribution in [0.5, 0.6) is 0 Å². The number of esters is 1. The summed E-state index contributed by atoms with van der Waals surface area (Å²) < 4.78 is 46.7. The standard InChI is InChI=1S/C49H64O8/c1-4-5-6-7-8-9-22-31-44(53-36-41-25-16-11-17-26-41)34-49(51-3)48(55-38-43-29-20-13-21-30-43)47(54-37-42-27-18-12-19-28-42)46(56-39(2)50)45(57-49)32-33-52-35-40-23-14-10-15-24-40/h10-21,23-30,44-48H,4-9,22,31-38H2,1-3H3/t44-,45-,46-,47+,48+,49+/m1/s1. The van der Waals surface area contributed by atoms with Gasteiger partial charge in [-0.2, -0.15) is 0 Å². The molecule has 5 rings (SSSR count). The minimum absolute atomic E-state index is 0.223. The van der Waals surface area contributed by atoms with Crippen molar-refractivity contribution in [1.29, 1.82) is 0 Å². The second-order valence-electron chi connectivity index (χ2n) is 15.1. The van der Waals surface area contributed by atoms with Crippen LogP contribution in [-0.2, 0) is 64.4 Å². The number of hydrogen-bond donors (Lipinski definition) is 0. The Morgan fingerprint density at radius 3 is 1.70 bits per heavy atom. The number of carbonyl (C=O) groups excluding carboxylic acids is 1. The molecule has 1 aliphatic heterocycles. The fourth-order valence-electron chi connectivity index (χ4n) is 7.57. The first kappa shape index (κ1) is 44.2. The molecule has 4 aromatic rings. The quantitative estimate of drug-likeness (QED) is 0.0460. The summed E-state index contributed by atoms with van der Waals surface area (Å²) in [6, 6.07) is 40.3. The van der Waals surface area contributed by atoms with Gasteiger partial charge < -0.3 is 33.2 Å². The van der Waals surface area contributed by atoms with Gasteiger partial charge in [-0.3, -0.25) is 4.79 Å². The fourth-order valence-corrected chi connectivity index (χ4v) is 7.57. The molecule has 4 aromatic carbocycles. The molecule has 0 amide bonds. The molecule has 0 N–H and O–H groups in total. The number of unbranched alkanes of at least 4 members (excludes halogenated alkanes) is 6. The molecule has 1 saturated heterocycles. The summed E-state index contributed by atoms with van der Waals surface area (Å²) in [7, 11) is 1.67.